The fourth-order valence-electron chi connectivity index (χ4n) is 6.99. The second-order valence-corrected chi connectivity index (χ2v) is 11.6. The number of methoxy groups -OCH3 is 2. The zero-order chi connectivity index (χ0) is 31.2. The smallest absolute Gasteiger partial charge is 0.292 e. The number of carbonyl (C=O) groups is 2. The lowest BCUT2D eigenvalue weighted by atomic mass is 9.85. The Morgan fingerprint density at radius 2 is 1.84 bits per heavy atom. The van der Waals surface area contributed by atoms with Crippen LogP contribution in [0.1, 0.15) is 70.8 Å². The molecule has 13 nitrogen and oxygen atoms in total. The van der Waals surface area contributed by atoms with Crippen molar-refractivity contribution in [2.75, 3.05) is 20.0 Å². The van der Waals surface area contributed by atoms with E-state index in [4.69, 9.17) is 25.2 Å². The third-order valence-electron chi connectivity index (χ3n) is 8.99. The summed E-state index contributed by atoms with van der Waals surface area (Å²) in [6.45, 7) is 1.93. The van der Waals surface area contributed by atoms with Crippen molar-refractivity contribution in [2.45, 2.75) is 57.2 Å². The first kappa shape index (κ1) is 28.6. The Bertz CT molecular complexity index is 1890. The number of aromatic nitrogens is 7. The molecule has 2 fully saturated rings. The largest absolute Gasteiger partial charge is 0.496 e. The molecule has 0 aliphatic carbocycles. The fraction of sp³-hybridized carbons (Fsp3) is 0.344. The van der Waals surface area contributed by atoms with E-state index in [0.29, 0.717) is 36.4 Å². The molecule has 13 heteroatoms. The van der Waals surface area contributed by atoms with Gasteiger partial charge in [-0.3, -0.25) is 14.6 Å². The number of aromatic amines is 1. The van der Waals surface area contributed by atoms with E-state index >= 15 is 0 Å². The zero-order valence-electron chi connectivity index (χ0n) is 25.2. The van der Waals surface area contributed by atoms with Gasteiger partial charge in [-0.25, -0.2) is 4.98 Å². The molecule has 2 unspecified atom stereocenters. The number of amides is 1. The number of nitrogens with zero attached hydrogens (tertiary/aromatic N) is 7. The van der Waals surface area contributed by atoms with E-state index in [0.717, 1.165) is 46.5 Å². The maximum atomic E-state index is 13.2. The Kier molecular flexibility index (Phi) is 7.24. The number of hydrogen-bond donors (Lipinski definition) is 2. The molecule has 230 valence electrons. The van der Waals surface area contributed by atoms with Gasteiger partial charge in [0.1, 0.15) is 17.9 Å². The van der Waals surface area contributed by atoms with Crippen LogP contribution >= 0.6 is 0 Å². The lowest BCUT2D eigenvalue weighted by Crippen LogP contribution is -2.46. The number of nitrogens with one attached hydrogen (secondary N) is 1. The monoisotopic (exact) mass is 607 g/mol. The minimum absolute atomic E-state index is 0.00824. The second-order valence-electron chi connectivity index (χ2n) is 11.6. The first-order chi connectivity index (χ1) is 21.9. The van der Waals surface area contributed by atoms with Crippen LogP contribution < -0.4 is 10.5 Å². The molecule has 4 aromatic heterocycles. The van der Waals surface area contributed by atoms with Crippen LogP contribution in [0.5, 0.6) is 5.75 Å². The van der Waals surface area contributed by atoms with E-state index in [9.17, 15) is 9.59 Å². The number of anilines is 1. The number of nitrogens with two attached hydrogens (primary N) is 1. The summed E-state index contributed by atoms with van der Waals surface area (Å²) >= 11 is 0. The van der Waals surface area contributed by atoms with Gasteiger partial charge in [0.05, 0.1) is 36.9 Å². The van der Waals surface area contributed by atoms with E-state index in [1.807, 2.05) is 35.2 Å². The van der Waals surface area contributed by atoms with Crippen LogP contribution in [0.15, 0.2) is 49.1 Å². The van der Waals surface area contributed by atoms with Crippen LogP contribution in [-0.4, -0.2) is 77.7 Å². The maximum Gasteiger partial charge on any atom is 0.292 e. The molecule has 1 aromatic carbocycles. The third-order valence-corrected chi connectivity index (χ3v) is 8.99. The van der Waals surface area contributed by atoms with Crippen molar-refractivity contribution in [1.29, 1.82) is 0 Å². The van der Waals surface area contributed by atoms with Crippen LogP contribution in [0.2, 0.25) is 0 Å². The van der Waals surface area contributed by atoms with Crippen molar-refractivity contribution < 1.29 is 19.1 Å². The number of carbonyl (C=O) groups excluding carboxylic acids is 2. The van der Waals surface area contributed by atoms with Gasteiger partial charge in [-0.05, 0) is 56.9 Å². The van der Waals surface area contributed by atoms with Gasteiger partial charge in [0.25, 0.3) is 5.91 Å². The number of ether oxygens (including phenoxy) is 2. The van der Waals surface area contributed by atoms with Gasteiger partial charge in [-0.15, -0.1) is 10.2 Å². The molecule has 1 amide bonds. The summed E-state index contributed by atoms with van der Waals surface area (Å²) in [5, 5.41) is 12.2. The number of Topliss-reactive ketones (excluding diaryl/α,β-unsaturated/α-hetero) is 1. The molecule has 45 heavy (non-hydrogen) atoms. The number of fused-ring (bicyclic) bond motifs is 3. The summed E-state index contributed by atoms with van der Waals surface area (Å²) in [6.07, 6.45) is 8.01. The molecule has 0 spiro atoms. The highest BCUT2D eigenvalue weighted by Crippen LogP contribution is 2.45. The van der Waals surface area contributed by atoms with Gasteiger partial charge >= 0.3 is 0 Å². The van der Waals surface area contributed by atoms with Crippen LogP contribution in [0.4, 0.5) is 5.82 Å². The second kappa shape index (κ2) is 11.4. The average molecular weight is 608 g/mol. The molecule has 2 bridgehead atoms. The number of piperidine rings is 1. The average Bonchev–Trinajstić information content (AvgIpc) is 3.79. The van der Waals surface area contributed by atoms with Crippen LogP contribution in [0.3, 0.4) is 0 Å². The van der Waals surface area contributed by atoms with E-state index in [1.165, 1.54) is 17.8 Å². The highest BCUT2D eigenvalue weighted by atomic mass is 16.5. The standard InChI is InChI=1S/C32H33N9O4/c1-17(42)27-28(20-11-22-6-7-23(12-20)40(22)32(43)30-35-16-36-39-30)38-31-24(14-37-41(31)29(27)33)19-4-8-25(34-13-19)18-5-9-26(45-3)21(10-18)15-44-2/h4-5,8-10,13-14,16,20,22-23H,6-7,11-12,15,33H2,1-3H3,(H,35,36,39)/t20?,22-,23?/m1/s1. The lowest BCUT2D eigenvalue weighted by molar-refractivity contribution is 0.0556. The molecule has 0 saturated carbocycles. The molecule has 3 atom stereocenters. The topological polar surface area (TPSA) is 167 Å². The molecular weight excluding hydrogens is 574 g/mol. The van der Waals surface area contributed by atoms with Gasteiger partial charge in [0, 0.05) is 53.6 Å². The lowest BCUT2D eigenvalue weighted by Gasteiger charge is -2.38. The van der Waals surface area contributed by atoms with Crippen molar-refractivity contribution >= 4 is 23.2 Å². The first-order valence-corrected chi connectivity index (χ1v) is 14.9. The Balaban J connectivity index is 1.23. The molecule has 2 saturated heterocycles. The van der Waals surface area contributed by atoms with Gasteiger partial charge in [-0.2, -0.15) is 9.61 Å². The molecule has 2 aliphatic rings. The molecule has 5 aromatic rings. The van der Waals surface area contributed by atoms with E-state index in [-0.39, 0.29) is 41.3 Å². The molecular formula is C32H33N9O4. The molecule has 6 heterocycles. The molecule has 0 radical (unpaired) electrons. The van der Waals surface area contributed by atoms with Crippen molar-refractivity contribution in [3.8, 4) is 28.1 Å². The summed E-state index contributed by atoms with van der Waals surface area (Å²) in [5.41, 5.74) is 12.5. The first-order valence-electron chi connectivity index (χ1n) is 14.9. The zero-order valence-corrected chi connectivity index (χ0v) is 25.2. The summed E-state index contributed by atoms with van der Waals surface area (Å²) in [7, 11) is 3.28. The van der Waals surface area contributed by atoms with Crippen LogP contribution in [0.25, 0.3) is 28.0 Å². The molecule has 2 aliphatic heterocycles. The number of rotatable bonds is 8. The minimum Gasteiger partial charge on any atom is -0.496 e. The van der Waals surface area contributed by atoms with Crippen molar-refractivity contribution in [1.82, 2.24) is 39.7 Å². The Labute approximate surface area is 258 Å². The summed E-state index contributed by atoms with van der Waals surface area (Å²) in [4.78, 5) is 40.7. The van der Waals surface area contributed by atoms with Gasteiger partial charge in [0.15, 0.2) is 11.4 Å². The predicted octanol–water partition coefficient (Wildman–Crippen LogP) is 4.07. The van der Waals surface area contributed by atoms with Gasteiger partial charge in [-0.1, -0.05) is 6.07 Å². The predicted molar refractivity (Wildman–Crippen MR) is 165 cm³/mol. The number of nitrogen functional groups attached to an aromatic ring is 1. The van der Waals surface area contributed by atoms with Crippen LogP contribution in [-0.2, 0) is 11.3 Å². The Hall–Kier alpha value is -5.17. The number of H-pyrrole nitrogens is 1. The number of benzene rings is 1. The Morgan fingerprint density at radius 1 is 1.07 bits per heavy atom. The van der Waals surface area contributed by atoms with Crippen LogP contribution in [0, 0.1) is 0 Å². The van der Waals surface area contributed by atoms with Crippen molar-refractivity contribution in [2.24, 2.45) is 0 Å². The number of ketones is 1. The van der Waals surface area contributed by atoms with Crippen molar-refractivity contribution in [3.63, 3.8) is 0 Å². The molecule has 7 rings (SSSR count). The van der Waals surface area contributed by atoms with Crippen molar-refractivity contribution in [3.05, 3.63) is 71.7 Å². The molecule has 3 N–H and O–H groups in total. The highest BCUT2D eigenvalue weighted by molar-refractivity contribution is 6.00. The summed E-state index contributed by atoms with van der Waals surface area (Å²) < 4.78 is 12.3. The quantitative estimate of drug-likeness (QED) is 0.246. The van der Waals surface area contributed by atoms with E-state index < -0.39 is 0 Å². The van der Waals surface area contributed by atoms with Gasteiger partial charge < -0.3 is 25.1 Å². The number of pyridine rings is 1. The fourth-order valence-corrected chi connectivity index (χ4v) is 6.99. The number of hydrogen-bond acceptors (Lipinski definition) is 10. The summed E-state index contributed by atoms with van der Waals surface area (Å²) in [6, 6.07) is 9.82. The Morgan fingerprint density at radius 3 is 2.49 bits per heavy atom. The minimum atomic E-state index is -0.167. The highest BCUT2D eigenvalue weighted by Gasteiger charge is 2.45. The van der Waals surface area contributed by atoms with E-state index in [1.54, 1.807) is 26.6 Å². The normalized spacial score (nSPS) is 19.3. The summed E-state index contributed by atoms with van der Waals surface area (Å²) in [5.74, 6) is 0.894. The van der Waals surface area contributed by atoms with E-state index in [2.05, 4.69) is 20.3 Å². The maximum absolute atomic E-state index is 13.2. The third kappa shape index (κ3) is 4.89. The SMILES string of the molecule is COCc1cc(-c2ccc(-c3cnn4c(N)c(C(C)=O)c(C5CC6CC[C@H](C5)N6C(=O)c5nnc[nH]5)nc34)cn2)ccc1OC. The van der Waals surface area contributed by atoms with Gasteiger partial charge in [0.2, 0.25) is 5.82 Å².